The molecule has 1 aromatic carbocycles. The van der Waals surface area contributed by atoms with Gasteiger partial charge in [-0.15, -0.1) is 0 Å². The lowest BCUT2D eigenvalue weighted by molar-refractivity contribution is 0.372. The predicted octanol–water partition coefficient (Wildman–Crippen LogP) is 3.29. The van der Waals surface area contributed by atoms with Crippen molar-refractivity contribution in [3.8, 4) is 6.07 Å². The molecule has 4 heteroatoms. The molecule has 0 spiro atoms. The van der Waals surface area contributed by atoms with E-state index in [0.29, 0.717) is 6.04 Å². The highest BCUT2D eigenvalue weighted by Gasteiger charge is 2.32. The summed E-state index contributed by atoms with van der Waals surface area (Å²) in [4.78, 5) is 2.56. The lowest BCUT2D eigenvalue weighted by Gasteiger charge is -2.32. The average Bonchev–Trinajstić information content (AvgIpc) is 3.31. The summed E-state index contributed by atoms with van der Waals surface area (Å²) < 4.78 is 1.05. The zero-order chi connectivity index (χ0) is 13.9. The van der Waals surface area contributed by atoms with Crippen LogP contribution in [0.2, 0.25) is 0 Å². The SMILES string of the molecule is N#Cc1ccc(N(CC2CCNCC2)C2CC2)c(Br)c1. The van der Waals surface area contributed by atoms with Gasteiger partial charge in [0.25, 0.3) is 0 Å². The average molecular weight is 334 g/mol. The monoisotopic (exact) mass is 333 g/mol. The van der Waals surface area contributed by atoms with E-state index in [4.69, 9.17) is 5.26 Å². The van der Waals surface area contributed by atoms with Crippen LogP contribution >= 0.6 is 15.9 Å². The molecule has 0 bridgehead atoms. The molecule has 1 saturated carbocycles. The maximum Gasteiger partial charge on any atom is 0.0992 e. The lowest BCUT2D eigenvalue weighted by Crippen LogP contribution is -2.37. The van der Waals surface area contributed by atoms with Crippen LogP contribution < -0.4 is 10.2 Å². The van der Waals surface area contributed by atoms with Crippen molar-refractivity contribution in [2.45, 2.75) is 31.7 Å². The van der Waals surface area contributed by atoms with Crippen LogP contribution in [-0.2, 0) is 0 Å². The van der Waals surface area contributed by atoms with Crippen molar-refractivity contribution in [1.82, 2.24) is 5.32 Å². The van der Waals surface area contributed by atoms with Crippen molar-refractivity contribution in [3.05, 3.63) is 28.2 Å². The van der Waals surface area contributed by atoms with E-state index in [1.54, 1.807) is 0 Å². The summed E-state index contributed by atoms with van der Waals surface area (Å²) in [5, 5.41) is 12.4. The molecule has 0 amide bonds. The van der Waals surface area contributed by atoms with Gasteiger partial charge in [0, 0.05) is 17.1 Å². The van der Waals surface area contributed by atoms with Gasteiger partial charge in [-0.3, -0.25) is 0 Å². The smallest absolute Gasteiger partial charge is 0.0992 e. The Hall–Kier alpha value is -1.05. The van der Waals surface area contributed by atoms with Crippen LogP contribution in [-0.4, -0.2) is 25.7 Å². The Kier molecular flexibility index (Phi) is 4.28. The molecule has 0 unspecified atom stereocenters. The van der Waals surface area contributed by atoms with Crippen LogP contribution in [0.5, 0.6) is 0 Å². The number of halogens is 1. The molecule has 1 aromatic rings. The molecular weight excluding hydrogens is 314 g/mol. The second kappa shape index (κ2) is 6.15. The van der Waals surface area contributed by atoms with Crippen molar-refractivity contribution < 1.29 is 0 Å². The lowest BCUT2D eigenvalue weighted by atomic mass is 9.97. The second-order valence-electron chi connectivity index (χ2n) is 5.85. The number of hydrogen-bond acceptors (Lipinski definition) is 3. The third-order valence-corrected chi connectivity index (χ3v) is 4.92. The number of benzene rings is 1. The molecule has 0 radical (unpaired) electrons. The van der Waals surface area contributed by atoms with E-state index in [0.717, 1.165) is 35.6 Å². The van der Waals surface area contributed by atoms with Gasteiger partial charge in [0.15, 0.2) is 0 Å². The van der Waals surface area contributed by atoms with Gasteiger partial charge >= 0.3 is 0 Å². The summed E-state index contributed by atoms with van der Waals surface area (Å²) >= 11 is 3.64. The molecule has 0 aromatic heterocycles. The molecule has 106 valence electrons. The number of piperidine rings is 1. The number of nitrogens with zero attached hydrogens (tertiary/aromatic N) is 2. The first-order valence-corrected chi connectivity index (χ1v) is 8.24. The Morgan fingerprint density at radius 1 is 1.25 bits per heavy atom. The zero-order valence-electron chi connectivity index (χ0n) is 11.6. The minimum Gasteiger partial charge on any atom is -0.367 e. The number of anilines is 1. The number of nitriles is 1. The first-order chi connectivity index (χ1) is 9.78. The molecule has 1 heterocycles. The van der Waals surface area contributed by atoms with Crippen molar-refractivity contribution in [1.29, 1.82) is 5.26 Å². The normalized spacial score (nSPS) is 19.6. The van der Waals surface area contributed by atoms with E-state index in [2.05, 4.69) is 38.3 Å². The predicted molar refractivity (Wildman–Crippen MR) is 84.8 cm³/mol. The third-order valence-electron chi connectivity index (χ3n) is 4.29. The number of hydrogen-bond donors (Lipinski definition) is 1. The van der Waals surface area contributed by atoms with Gasteiger partial charge in [0.2, 0.25) is 0 Å². The van der Waals surface area contributed by atoms with E-state index in [-0.39, 0.29) is 0 Å². The largest absolute Gasteiger partial charge is 0.367 e. The summed E-state index contributed by atoms with van der Waals surface area (Å²) in [6.45, 7) is 3.45. The van der Waals surface area contributed by atoms with Gasteiger partial charge in [0.1, 0.15) is 0 Å². The Balaban J connectivity index is 1.78. The minimum absolute atomic E-state index is 0.703. The van der Waals surface area contributed by atoms with Crippen molar-refractivity contribution >= 4 is 21.6 Å². The Bertz CT molecular complexity index is 513. The highest BCUT2D eigenvalue weighted by Crippen LogP contribution is 2.37. The fourth-order valence-corrected chi connectivity index (χ4v) is 3.59. The Morgan fingerprint density at radius 3 is 2.60 bits per heavy atom. The third kappa shape index (κ3) is 3.16. The van der Waals surface area contributed by atoms with E-state index >= 15 is 0 Å². The second-order valence-corrected chi connectivity index (χ2v) is 6.71. The summed E-state index contributed by atoms with van der Waals surface area (Å²) in [5.41, 5.74) is 1.98. The number of nitrogens with one attached hydrogen (secondary N) is 1. The van der Waals surface area contributed by atoms with Crippen molar-refractivity contribution in [2.75, 3.05) is 24.5 Å². The summed E-state index contributed by atoms with van der Waals surface area (Å²) in [5.74, 6) is 0.791. The van der Waals surface area contributed by atoms with Crippen LogP contribution in [0.3, 0.4) is 0 Å². The van der Waals surface area contributed by atoms with Gasteiger partial charge in [-0.2, -0.15) is 5.26 Å². The van der Waals surface area contributed by atoms with Gasteiger partial charge < -0.3 is 10.2 Å². The van der Waals surface area contributed by atoms with E-state index in [1.165, 1.54) is 31.4 Å². The minimum atomic E-state index is 0.703. The maximum absolute atomic E-state index is 8.98. The molecule has 20 heavy (non-hydrogen) atoms. The fraction of sp³-hybridized carbons (Fsp3) is 0.562. The molecule has 2 fully saturated rings. The van der Waals surface area contributed by atoms with E-state index < -0.39 is 0 Å². The van der Waals surface area contributed by atoms with Crippen LogP contribution in [0.4, 0.5) is 5.69 Å². The molecule has 1 aliphatic carbocycles. The molecular formula is C16H20BrN3. The van der Waals surface area contributed by atoms with Gasteiger partial charge in [-0.25, -0.2) is 0 Å². The Morgan fingerprint density at radius 2 is 2.00 bits per heavy atom. The van der Waals surface area contributed by atoms with Crippen LogP contribution in [0.25, 0.3) is 0 Å². The highest BCUT2D eigenvalue weighted by atomic mass is 79.9. The standard InChI is InChI=1S/C16H20BrN3/c17-15-9-13(10-18)1-4-16(15)20(14-2-3-14)11-12-5-7-19-8-6-12/h1,4,9,12,14,19H,2-3,5-8,11H2. The summed E-state index contributed by atoms with van der Waals surface area (Å²) in [6, 6.07) is 8.87. The van der Waals surface area contributed by atoms with Gasteiger partial charge in [0.05, 0.1) is 17.3 Å². The first-order valence-electron chi connectivity index (χ1n) is 7.45. The van der Waals surface area contributed by atoms with E-state index in [1.807, 2.05) is 12.1 Å². The Labute approximate surface area is 129 Å². The molecule has 2 aliphatic rings. The molecule has 1 saturated heterocycles. The van der Waals surface area contributed by atoms with Crippen LogP contribution in [0.15, 0.2) is 22.7 Å². The molecule has 1 aliphatic heterocycles. The number of rotatable bonds is 4. The van der Waals surface area contributed by atoms with Gasteiger partial charge in [-0.05, 0) is 78.8 Å². The maximum atomic E-state index is 8.98. The van der Waals surface area contributed by atoms with Gasteiger partial charge in [-0.1, -0.05) is 0 Å². The first kappa shape index (κ1) is 13.9. The molecule has 1 N–H and O–H groups in total. The molecule has 3 nitrogen and oxygen atoms in total. The molecule has 0 atom stereocenters. The topological polar surface area (TPSA) is 39.1 Å². The quantitative estimate of drug-likeness (QED) is 0.918. The van der Waals surface area contributed by atoms with Crippen molar-refractivity contribution in [3.63, 3.8) is 0 Å². The summed E-state index contributed by atoms with van der Waals surface area (Å²) in [7, 11) is 0. The highest BCUT2D eigenvalue weighted by molar-refractivity contribution is 9.10. The van der Waals surface area contributed by atoms with Crippen LogP contribution in [0.1, 0.15) is 31.2 Å². The summed E-state index contributed by atoms with van der Waals surface area (Å²) in [6.07, 6.45) is 5.16. The van der Waals surface area contributed by atoms with Crippen LogP contribution in [0, 0.1) is 17.2 Å². The molecule has 3 rings (SSSR count). The van der Waals surface area contributed by atoms with Crippen molar-refractivity contribution in [2.24, 2.45) is 5.92 Å². The fourth-order valence-electron chi connectivity index (χ4n) is 2.98. The zero-order valence-corrected chi connectivity index (χ0v) is 13.2. The van der Waals surface area contributed by atoms with E-state index in [9.17, 15) is 0 Å².